The van der Waals surface area contributed by atoms with Crippen LogP contribution in [-0.2, 0) is 95.1 Å². The number of ketones is 3. The van der Waals surface area contributed by atoms with Crippen LogP contribution in [0.15, 0.2) is 212 Å². The first-order valence-electron chi connectivity index (χ1n) is 44.6. The van der Waals surface area contributed by atoms with Crippen molar-refractivity contribution in [1.29, 1.82) is 0 Å². The number of alkyl halides is 3. The fourth-order valence-corrected chi connectivity index (χ4v) is 20.2. The normalized spacial score (nSPS) is 14.2. The fraction of sp³-hybridized carbons (Fsp3) is 0.245. The molecule has 18 rings (SSSR count). The first kappa shape index (κ1) is 104. The zero-order valence-electron chi connectivity index (χ0n) is 78.2. The van der Waals surface area contributed by atoms with Crippen LogP contribution in [-0.4, -0.2) is 139 Å². The molecule has 0 spiro atoms. The summed E-state index contributed by atoms with van der Waals surface area (Å²) in [6.45, 7) is 6.70. The van der Waals surface area contributed by atoms with E-state index in [2.05, 4.69) is 0 Å². The highest BCUT2D eigenvalue weighted by molar-refractivity contribution is 7.89. The second kappa shape index (κ2) is 43.5. The summed E-state index contributed by atoms with van der Waals surface area (Å²) in [5, 5.41) is 6.02. The van der Waals surface area contributed by atoms with Gasteiger partial charge in [0.1, 0.15) is 51.9 Å². The van der Waals surface area contributed by atoms with Crippen LogP contribution in [0.1, 0.15) is 167 Å². The number of methoxy groups -OCH3 is 4. The molecule has 2 amide bonds. The number of rotatable bonds is 20. The Kier molecular flexibility index (Phi) is 32.0. The average molecular weight is 2070 g/mol. The number of fused-ring (bicyclic) bond motifs is 11. The molecule has 5 aromatic heterocycles. The van der Waals surface area contributed by atoms with Gasteiger partial charge < -0.3 is 23.7 Å². The minimum atomic E-state index is -5.05. The van der Waals surface area contributed by atoms with Gasteiger partial charge in [-0.15, -0.1) is 0 Å². The van der Waals surface area contributed by atoms with Gasteiger partial charge >= 0.3 is 6.18 Å². The molecule has 3 unspecified atom stereocenters. The highest BCUT2D eigenvalue weighted by Gasteiger charge is 2.43. The van der Waals surface area contributed by atoms with E-state index in [9.17, 15) is 82.3 Å². The van der Waals surface area contributed by atoms with Crippen LogP contribution < -0.4 is 28.4 Å². The predicted molar refractivity (Wildman–Crippen MR) is 538 cm³/mol. The molecule has 5 heterocycles. The Bertz CT molecular complexity index is 7800. The number of halogens is 9. The van der Waals surface area contributed by atoms with Crippen LogP contribution in [0.4, 0.5) is 17.6 Å². The highest BCUT2D eigenvalue weighted by Crippen LogP contribution is 2.46. The second-order valence-corrected chi connectivity index (χ2v) is 40.2. The SMILES string of the molecule is CC(=O)C1CCc2c(c3cc(F)ccc3n2C(=O)c2ccc(Cl)cc2)C1.COc1ccc2c(c1)c(C)c(CCC(=O)NS(C)(=O)=O)n2C(=O)c1ccc(Cl)cc1.COc1ccc2c(c1)c(CC(=O)NS(C)(=O)=O)c(C(F)(F)F)n2C(=O)c1ccc(Cl)cc1.COc1ccc2c(c1)c1c(n2C(=O)c2ccc(Cl)cc2)C(CC(C)=O)CC1.COc1ccc2c(c1)c1c(n2C(=O)c2ccc(Cl)cc2)CCC(C(C)=O)C1. The topological polar surface area (TPSA) is 325 Å². The largest absolute Gasteiger partial charge is 0.497 e. The number of nitrogens with zero attached hydrogens (tertiary/aromatic N) is 5. The van der Waals surface area contributed by atoms with Gasteiger partial charge in [-0.2, -0.15) is 13.2 Å². The average Bonchev–Trinajstić information content (AvgIpc) is 1.57. The van der Waals surface area contributed by atoms with Gasteiger partial charge in [-0.3, -0.25) is 75.4 Å². The summed E-state index contributed by atoms with van der Waals surface area (Å²) in [5.41, 5.74) is 10.5. The summed E-state index contributed by atoms with van der Waals surface area (Å²) in [6, 6.07) is 57.6. The number of hydrogen-bond acceptors (Lipinski definition) is 18. The Balaban J connectivity index is 0.000000141. The molecular formula is C106H94Cl5F4N7O18S2. The van der Waals surface area contributed by atoms with Crippen LogP contribution in [0.2, 0.25) is 25.1 Å². The van der Waals surface area contributed by atoms with E-state index in [4.69, 9.17) is 77.0 Å². The third kappa shape index (κ3) is 23.1. The van der Waals surface area contributed by atoms with Crippen molar-refractivity contribution in [1.82, 2.24) is 32.3 Å². The van der Waals surface area contributed by atoms with Crippen LogP contribution >= 0.6 is 58.0 Å². The minimum absolute atomic E-state index is 0.00776. The molecule has 0 saturated heterocycles. The molecule has 736 valence electrons. The number of aryl methyl sites for hydroxylation is 2. The Hall–Kier alpha value is -13.5. The van der Waals surface area contributed by atoms with E-state index in [-0.39, 0.29) is 105 Å². The van der Waals surface area contributed by atoms with Crippen molar-refractivity contribution in [2.45, 2.75) is 117 Å². The number of sulfonamides is 2. The van der Waals surface area contributed by atoms with Gasteiger partial charge in [0, 0.05) is 139 Å². The summed E-state index contributed by atoms with van der Waals surface area (Å²) in [5.74, 6) is -0.970. The monoisotopic (exact) mass is 2070 g/mol. The molecular weight excluding hydrogens is 1980 g/mol. The summed E-state index contributed by atoms with van der Waals surface area (Å²) in [7, 11) is -1.53. The van der Waals surface area contributed by atoms with Gasteiger partial charge in [-0.05, 0) is 320 Å². The second-order valence-electron chi connectivity index (χ2n) is 34.6. The number of hydrogen-bond donors (Lipinski definition) is 2. The van der Waals surface area contributed by atoms with Crippen LogP contribution in [0.25, 0.3) is 54.5 Å². The first-order chi connectivity index (χ1) is 67.3. The molecule has 3 aliphatic carbocycles. The molecule has 15 aromatic rings. The summed E-state index contributed by atoms with van der Waals surface area (Å²) < 4.78 is 134. The number of aromatic nitrogens is 5. The molecule has 0 aliphatic heterocycles. The molecule has 142 heavy (non-hydrogen) atoms. The van der Waals surface area contributed by atoms with Gasteiger partial charge in [-0.1, -0.05) is 58.0 Å². The van der Waals surface area contributed by atoms with E-state index in [1.165, 1.54) is 61.7 Å². The first-order valence-corrected chi connectivity index (χ1v) is 50.3. The van der Waals surface area contributed by atoms with Gasteiger partial charge in [0.2, 0.25) is 31.9 Å². The van der Waals surface area contributed by atoms with Gasteiger partial charge in [0.05, 0.1) is 75.0 Å². The number of carbonyl (C=O) groups excluding carboxylic acids is 10. The quantitative estimate of drug-likeness (QED) is 0.0669. The number of ether oxygens (including phenoxy) is 4. The summed E-state index contributed by atoms with van der Waals surface area (Å²) in [6.07, 6.45) is 1.93. The maximum absolute atomic E-state index is 14.2. The molecule has 3 aliphatic rings. The molecule has 0 radical (unpaired) electrons. The number of carbonyl (C=O) groups is 10. The van der Waals surface area contributed by atoms with Crippen molar-refractivity contribution < 1.29 is 101 Å². The molecule has 25 nitrogen and oxygen atoms in total. The Labute approximate surface area is 838 Å². The summed E-state index contributed by atoms with van der Waals surface area (Å²) in [4.78, 5) is 126. The third-order valence-corrected chi connectivity index (χ3v) is 27.6. The van der Waals surface area contributed by atoms with Crippen molar-refractivity contribution in [2.24, 2.45) is 11.8 Å². The molecule has 0 fully saturated rings. The lowest BCUT2D eigenvalue weighted by Gasteiger charge is -2.21. The van der Waals surface area contributed by atoms with Crippen LogP contribution in [0, 0.1) is 24.6 Å². The van der Waals surface area contributed by atoms with E-state index < -0.39 is 61.6 Å². The number of Topliss-reactive ketones (excluding diaryl/α,β-unsaturated/α-hetero) is 3. The number of nitrogens with one attached hydrogen (secondary N) is 2. The molecule has 0 saturated carbocycles. The zero-order chi connectivity index (χ0) is 103. The van der Waals surface area contributed by atoms with Crippen LogP contribution in [0.5, 0.6) is 23.0 Å². The van der Waals surface area contributed by atoms with E-state index in [0.717, 1.165) is 104 Å². The standard InChI is InChI=1S/2C22H20ClNO3.C21H17ClFNO2.C21H21ClN2O5S.C20H16ClF3N2O5S/c1-13(25)15-5-9-20-18(11-15)19-12-17(27-2)8-10-21(19)24(20)22(26)14-3-6-16(23)7-4-14;1-13(25)11-15-5-9-18-19-12-17(27-2)8-10-20(19)24(21(15)18)22(26)14-3-6-16(23)7-4-14;1-12(25)14-4-8-19-17(10-14)18-11-16(23)7-9-20(18)24(19)21(26)13-2-5-15(22)6-3-13;1-13-17-12-16(29-2)8-9-19(17)24(21(26)14-4-6-15(22)7-5-14)18(13)10-11-20(25)23-30(3,27)28;1-31-13-7-8-16-14(9-13)15(10-17(27)25-32(2,29)30)18(20(22,23)24)26(16)19(28)11-3-5-12(21)6-4-11/h2*3-4,6-8,10,12,15H,5,9,11H2,1-2H3;2-3,5-7,9,11,14H,4,8,10H2,1H3;4-9,12H,10-11H2,1-3H3,(H,23,25);3-9H,10H2,1-2H3,(H,25,27). The third-order valence-electron chi connectivity index (χ3n) is 25.1. The Morgan fingerprint density at radius 1 is 0.401 bits per heavy atom. The fourth-order valence-electron chi connectivity index (χ4n) is 18.5. The van der Waals surface area contributed by atoms with Crippen molar-refractivity contribution >= 4 is 191 Å². The van der Waals surface area contributed by atoms with Gasteiger partial charge in [-0.25, -0.2) is 21.2 Å². The highest BCUT2D eigenvalue weighted by atomic mass is 35.5. The molecule has 3 atom stereocenters. The molecule has 36 heteroatoms. The lowest BCUT2D eigenvalue weighted by Crippen LogP contribution is -2.31. The predicted octanol–water partition coefficient (Wildman–Crippen LogP) is 21.4. The van der Waals surface area contributed by atoms with Gasteiger partial charge in [0.15, 0.2) is 0 Å². The van der Waals surface area contributed by atoms with E-state index in [1.807, 2.05) is 54.1 Å². The van der Waals surface area contributed by atoms with Crippen molar-refractivity contribution in [3.63, 3.8) is 0 Å². The van der Waals surface area contributed by atoms with E-state index in [0.29, 0.717) is 120 Å². The van der Waals surface area contributed by atoms with Crippen molar-refractivity contribution in [3.8, 4) is 23.0 Å². The minimum Gasteiger partial charge on any atom is -0.497 e. The van der Waals surface area contributed by atoms with Crippen molar-refractivity contribution in [3.05, 3.63) is 327 Å². The number of amides is 2. The Morgan fingerprint density at radius 2 is 0.732 bits per heavy atom. The maximum Gasteiger partial charge on any atom is 0.432 e. The smallest absolute Gasteiger partial charge is 0.432 e. The van der Waals surface area contributed by atoms with Crippen molar-refractivity contribution in [2.75, 3.05) is 41.0 Å². The lowest BCUT2D eigenvalue weighted by atomic mass is 9.84. The zero-order valence-corrected chi connectivity index (χ0v) is 83.6. The molecule has 0 bridgehead atoms. The summed E-state index contributed by atoms with van der Waals surface area (Å²) >= 11 is 29.6. The Morgan fingerprint density at radius 3 is 1.11 bits per heavy atom. The number of benzene rings is 10. The maximum atomic E-state index is 14.2. The lowest BCUT2D eigenvalue weighted by molar-refractivity contribution is -0.143. The van der Waals surface area contributed by atoms with E-state index >= 15 is 0 Å². The molecule has 10 aromatic carbocycles. The molecule has 2 N–H and O–H groups in total. The van der Waals surface area contributed by atoms with Gasteiger partial charge in [0.25, 0.3) is 29.5 Å². The van der Waals surface area contributed by atoms with Crippen LogP contribution in [0.3, 0.4) is 0 Å². The van der Waals surface area contributed by atoms with E-state index in [1.54, 1.807) is 180 Å².